The fraction of sp³-hybridized carbons (Fsp3) is 0.162. The molecule has 8 aromatic rings. The fourth-order valence-electron chi connectivity index (χ4n) is 6.63. The summed E-state index contributed by atoms with van der Waals surface area (Å²) in [5.41, 5.74) is 5.73. The number of nitrogens with zero attached hydrogens (tertiary/aromatic N) is 2. The lowest BCUT2D eigenvalue weighted by Crippen LogP contribution is -2.41. The van der Waals surface area contributed by atoms with Crippen molar-refractivity contribution in [1.82, 2.24) is 9.38 Å². The molecule has 208 valence electrons. The van der Waals surface area contributed by atoms with Crippen LogP contribution >= 0.6 is 11.3 Å². The first-order valence-electron chi connectivity index (χ1n) is 14.8. The smallest absolute Gasteiger partial charge is 0.399 e. The van der Waals surface area contributed by atoms with Crippen LogP contribution < -0.4 is 5.46 Å². The number of thiophene rings is 1. The van der Waals surface area contributed by atoms with Crippen LogP contribution in [0.5, 0.6) is 0 Å². The molecule has 0 radical (unpaired) electrons. The molecule has 0 N–H and O–H groups in total. The standard InChI is InChI=1S/C37H29BN2O2S/c1-36(2)37(3,4)42-38(41-36)25-16-13-23(14-17-25)29-21-24-10-6-8-12-27(24)32-33(29)40-20-19-28-31-26-11-7-5-9-22(26)15-18-30(31)43-34(28)35(40)39-32/h5-21H,1-4H3. The maximum absolute atomic E-state index is 6.33. The molecule has 0 atom stereocenters. The Labute approximate surface area is 253 Å². The third-order valence-electron chi connectivity index (χ3n) is 9.64. The summed E-state index contributed by atoms with van der Waals surface area (Å²) >= 11 is 1.83. The maximum atomic E-state index is 6.33. The molecule has 0 unspecified atom stereocenters. The Hall–Kier alpha value is -4.23. The molecule has 0 amide bonds. The highest BCUT2D eigenvalue weighted by atomic mass is 32.1. The van der Waals surface area contributed by atoms with Crippen molar-refractivity contribution in [2.24, 2.45) is 0 Å². The Balaban J connectivity index is 1.28. The highest BCUT2D eigenvalue weighted by Crippen LogP contribution is 2.43. The summed E-state index contributed by atoms with van der Waals surface area (Å²) in [6.45, 7) is 8.36. The Morgan fingerprint density at radius 3 is 2.19 bits per heavy atom. The molecule has 1 aliphatic heterocycles. The molecule has 4 nitrogen and oxygen atoms in total. The molecule has 43 heavy (non-hydrogen) atoms. The molecule has 0 bridgehead atoms. The maximum Gasteiger partial charge on any atom is 0.494 e. The number of rotatable bonds is 2. The Bertz CT molecular complexity index is 2400. The molecule has 0 aliphatic carbocycles. The zero-order valence-corrected chi connectivity index (χ0v) is 25.3. The van der Waals surface area contributed by atoms with Crippen molar-refractivity contribution in [1.29, 1.82) is 0 Å². The number of hydrogen-bond donors (Lipinski definition) is 0. The first-order chi connectivity index (χ1) is 20.8. The predicted octanol–water partition coefficient (Wildman–Crippen LogP) is 9.13. The van der Waals surface area contributed by atoms with E-state index in [9.17, 15) is 0 Å². The van der Waals surface area contributed by atoms with Crippen LogP contribution in [-0.4, -0.2) is 27.7 Å². The topological polar surface area (TPSA) is 35.8 Å². The molecule has 1 fully saturated rings. The summed E-state index contributed by atoms with van der Waals surface area (Å²) in [5, 5.41) is 7.48. The summed E-state index contributed by atoms with van der Waals surface area (Å²) in [4.78, 5) is 5.38. The minimum absolute atomic E-state index is 0.373. The van der Waals surface area contributed by atoms with Gasteiger partial charge >= 0.3 is 7.12 Å². The molecule has 0 spiro atoms. The molecule has 6 heteroatoms. The normalized spacial score (nSPS) is 16.5. The third kappa shape index (κ3) is 3.55. The van der Waals surface area contributed by atoms with E-state index in [0.29, 0.717) is 0 Å². The number of fused-ring (bicyclic) bond motifs is 11. The first kappa shape index (κ1) is 25.3. The molecule has 3 aromatic heterocycles. The molecule has 9 rings (SSSR count). The van der Waals surface area contributed by atoms with Crippen molar-refractivity contribution in [3.8, 4) is 11.1 Å². The van der Waals surface area contributed by atoms with E-state index >= 15 is 0 Å². The van der Waals surface area contributed by atoms with Gasteiger partial charge < -0.3 is 9.31 Å². The van der Waals surface area contributed by atoms with Gasteiger partial charge in [-0.1, -0.05) is 78.9 Å². The van der Waals surface area contributed by atoms with Crippen molar-refractivity contribution < 1.29 is 9.31 Å². The van der Waals surface area contributed by atoms with Gasteiger partial charge in [-0.2, -0.15) is 0 Å². The van der Waals surface area contributed by atoms with Crippen LogP contribution in [0.15, 0.2) is 103 Å². The second-order valence-electron chi connectivity index (χ2n) is 12.7. The highest BCUT2D eigenvalue weighted by Gasteiger charge is 2.51. The molecule has 1 aliphatic rings. The number of aromatic nitrogens is 2. The second kappa shape index (κ2) is 8.67. The number of pyridine rings is 1. The summed E-state index contributed by atoms with van der Waals surface area (Å²) in [6, 6.07) is 34.9. The van der Waals surface area contributed by atoms with Crippen LogP contribution in [0, 0.1) is 0 Å². The van der Waals surface area contributed by atoms with Gasteiger partial charge in [0.05, 0.1) is 26.9 Å². The van der Waals surface area contributed by atoms with Gasteiger partial charge in [-0.15, -0.1) is 11.3 Å². The summed E-state index contributed by atoms with van der Waals surface area (Å²) < 4.78 is 17.5. The van der Waals surface area contributed by atoms with Crippen LogP contribution in [0.4, 0.5) is 0 Å². The van der Waals surface area contributed by atoms with Gasteiger partial charge in [0.25, 0.3) is 0 Å². The highest BCUT2D eigenvalue weighted by molar-refractivity contribution is 7.26. The van der Waals surface area contributed by atoms with E-state index in [1.807, 2.05) is 11.3 Å². The minimum Gasteiger partial charge on any atom is -0.399 e. The van der Waals surface area contributed by atoms with Crippen molar-refractivity contribution in [2.45, 2.75) is 38.9 Å². The van der Waals surface area contributed by atoms with Crippen molar-refractivity contribution in [2.75, 3.05) is 0 Å². The van der Waals surface area contributed by atoms with Gasteiger partial charge in [0, 0.05) is 32.6 Å². The van der Waals surface area contributed by atoms with E-state index in [1.54, 1.807) is 0 Å². The zero-order chi connectivity index (χ0) is 29.1. The Morgan fingerprint density at radius 2 is 1.42 bits per heavy atom. The molecular weight excluding hydrogens is 547 g/mol. The predicted molar refractivity (Wildman–Crippen MR) is 182 cm³/mol. The molecule has 4 heterocycles. The molecule has 1 saturated heterocycles. The molecule has 5 aromatic carbocycles. The van der Waals surface area contributed by atoms with E-state index in [-0.39, 0.29) is 18.3 Å². The molecular formula is C37H29BN2O2S. The summed E-state index contributed by atoms with van der Waals surface area (Å²) in [5.74, 6) is 0. The third-order valence-corrected chi connectivity index (χ3v) is 10.8. The summed E-state index contributed by atoms with van der Waals surface area (Å²) in [7, 11) is -0.385. The quantitative estimate of drug-likeness (QED) is 0.193. The largest absolute Gasteiger partial charge is 0.494 e. The number of imidazole rings is 1. The van der Waals surface area contributed by atoms with E-state index in [1.165, 1.54) is 41.7 Å². The van der Waals surface area contributed by atoms with E-state index in [2.05, 4.69) is 135 Å². The SMILES string of the molecule is CC1(C)OB(c2ccc(-c3cc4ccccc4c4nc5c6sc7ccc8ccccc8c7c6ccn5c34)cc2)OC1(C)C. The minimum atomic E-state index is -0.385. The van der Waals surface area contributed by atoms with Gasteiger partial charge in [0.15, 0.2) is 5.65 Å². The van der Waals surface area contributed by atoms with Crippen molar-refractivity contribution >= 4 is 82.3 Å². The summed E-state index contributed by atoms with van der Waals surface area (Å²) in [6.07, 6.45) is 2.21. The lowest BCUT2D eigenvalue weighted by atomic mass is 9.78. The van der Waals surface area contributed by atoms with Crippen molar-refractivity contribution in [3.63, 3.8) is 0 Å². The van der Waals surface area contributed by atoms with E-state index in [4.69, 9.17) is 14.3 Å². The van der Waals surface area contributed by atoms with Crippen LogP contribution in [-0.2, 0) is 9.31 Å². The molecule has 0 saturated carbocycles. The lowest BCUT2D eigenvalue weighted by Gasteiger charge is -2.32. The van der Waals surface area contributed by atoms with Gasteiger partial charge in [-0.05, 0) is 73.1 Å². The van der Waals surface area contributed by atoms with Crippen LogP contribution in [0.25, 0.3) is 69.5 Å². The Kier molecular flexibility index (Phi) is 5.10. The monoisotopic (exact) mass is 576 g/mol. The lowest BCUT2D eigenvalue weighted by molar-refractivity contribution is 0.00578. The average Bonchev–Trinajstić information content (AvgIpc) is 3.66. The van der Waals surface area contributed by atoms with Gasteiger partial charge in [0.2, 0.25) is 0 Å². The Morgan fingerprint density at radius 1 is 0.721 bits per heavy atom. The van der Waals surface area contributed by atoms with Gasteiger partial charge in [-0.25, -0.2) is 4.98 Å². The van der Waals surface area contributed by atoms with Crippen molar-refractivity contribution in [3.05, 3.63) is 103 Å². The van der Waals surface area contributed by atoms with E-state index < -0.39 is 0 Å². The van der Waals surface area contributed by atoms with Gasteiger partial charge in [0.1, 0.15) is 0 Å². The number of hydrogen-bond acceptors (Lipinski definition) is 4. The fourth-order valence-corrected chi connectivity index (χ4v) is 7.82. The number of benzene rings is 5. The zero-order valence-electron chi connectivity index (χ0n) is 24.5. The second-order valence-corrected chi connectivity index (χ2v) is 13.7. The van der Waals surface area contributed by atoms with Crippen LogP contribution in [0.2, 0.25) is 0 Å². The van der Waals surface area contributed by atoms with Gasteiger partial charge in [-0.3, -0.25) is 4.40 Å². The average molecular weight is 577 g/mol. The van der Waals surface area contributed by atoms with Crippen LogP contribution in [0.3, 0.4) is 0 Å². The first-order valence-corrected chi connectivity index (χ1v) is 15.6. The van der Waals surface area contributed by atoms with Crippen LogP contribution in [0.1, 0.15) is 27.7 Å². The van der Waals surface area contributed by atoms with E-state index in [0.717, 1.165) is 33.3 Å².